The van der Waals surface area contributed by atoms with Gasteiger partial charge in [0.25, 0.3) is 6.43 Å². The van der Waals surface area contributed by atoms with Gasteiger partial charge in [-0.15, -0.1) is 0 Å². The molecule has 1 saturated carbocycles. The van der Waals surface area contributed by atoms with Gasteiger partial charge in [0.05, 0.1) is 12.2 Å². The van der Waals surface area contributed by atoms with E-state index in [9.17, 15) is 18.0 Å². The Morgan fingerprint density at radius 2 is 1.88 bits per heavy atom. The fourth-order valence-electron chi connectivity index (χ4n) is 3.61. The summed E-state index contributed by atoms with van der Waals surface area (Å²) in [4.78, 5) is 12.7. The summed E-state index contributed by atoms with van der Waals surface area (Å²) in [5.74, 6) is -1.37. The van der Waals surface area contributed by atoms with E-state index < -0.39 is 17.8 Å². The third-order valence-corrected chi connectivity index (χ3v) is 4.84. The summed E-state index contributed by atoms with van der Waals surface area (Å²) < 4.78 is 46.0. The number of Topliss-reactive ketones (excluding diaryl/α,β-unsaturated/α-hetero) is 1. The maximum atomic E-state index is 14.3. The molecule has 0 N–H and O–H groups in total. The SMILES string of the molecule is CCCC1CCC(C(=O)c2ccc(OCC)c(F)c2C(F)F)CC1. The van der Waals surface area contributed by atoms with Crippen molar-refractivity contribution >= 4 is 5.78 Å². The van der Waals surface area contributed by atoms with Crippen molar-refractivity contribution in [3.63, 3.8) is 0 Å². The molecule has 1 aliphatic rings. The summed E-state index contributed by atoms with van der Waals surface area (Å²) in [6.45, 7) is 3.96. The number of carbonyl (C=O) groups excluding carboxylic acids is 1. The lowest BCUT2D eigenvalue weighted by molar-refractivity contribution is 0.0854. The average molecular weight is 342 g/mol. The van der Waals surface area contributed by atoms with Crippen molar-refractivity contribution in [2.75, 3.05) is 6.61 Å². The van der Waals surface area contributed by atoms with E-state index in [0.717, 1.165) is 25.7 Å². The summed E-state index contributed by atoms with van der Waals surface area (Å²) in [6, 6.07) is 2.57. The first-order chi connectivity index (χ1) is 11.5. The first-order valence-electron chi connectivity index (χ1n) is 8.77. The molecule has 0 heterocycles. The summed E-state index contributed by atoms with van der Waals surface area (Å²) in [5, 5.41) is 0. The van der Waals surface area contributed by atoms with Crippen LogP contribution in [0, 0.1) is 17.7 Å². The molecule has 0 unspecified atom stereocenters. The number of hydrogen-bond acceptors (Lipinski definition) is 2. The van der Waals surface area contributed by atoms with Gasteiger partial charge in [0, 0.05) is 11.5 Å². The first kappa shape index (κ1) is 18.8. The van der Waals surface area contributed by atoms with Crippen LogP contribution in [-0.2, 0) is 0 Å². The van der Waals surface area contributed by atoms with Gasteiger partial charge in [0.1, 0.15) is 0 Å². The van der Waals surface area contributed by atoms with Crippen LogP contribution in [0.25, 0.3) is 0 Å². The topological polar surface area (TPSA) is 26.3 Å². The maximum absolute atomic E-state index is 14.3. The Balaban J connectivity index is 2.22. The second-order valence-electron chi connectivity index (χ2n) is 6.44. The van der Waals surface area contributed by atoms with E-state index >= 15 is 0 Å². The van der Waals surface area contributed by atoms with Crippen LogP contribution in [0.5, 0.6) is 5.75 Å². The van der Waals surface area contributed by atoms with Crippen molar-refractivity contribution in [2.45, 2.75) is 58.8 Å². The molecule has 0 saturated heterocycles. The summed E-state index contributed by atoms with van der Waals surface area (Å²) >= 11 is 0. The highest BCUT2D eigenvalue weighted by Crippen LogP contribution is 2.37. The zero-order chi connectivity index (χ0) is 17.7. The van der Waals surface area contributed by atoms with Gasteiger partial charge >= 0.3 is 0 Å². The van der Waals surface area contributed by atoms with E-state index in [1.807, 2.05) is 0 Å². The second-order valence-corrected chi connectivity index (χ2v) is 6.44. The zero-order valence-corrected chi connectivity index (χ0v) is 14.3. The number of ketones is 1. The second kappa shape index (κ2) is 8.54. The minimum atomic E-state index is -3.04. The van der Waals surface area contributed by atoms with Crippen molar-refractivity contribution in [3.8, 4) is 5.75 Å². The molecule has 0 aromatic heterocycles. The largest absolute Gasteiger partial charge is 0.491 e. The molecular weight excluding hydrogens is 317 g/mol. The molecule has 0 atom stereocenters. The number of carbonyl (C=O) groups is 1. The van der Waals surface area contributed by atoms with Gasteiger partial charge in [0.15, 0.2) is 17.3 Å². The fraction of sp³-hybridized carbons (Fsp3) is 0.632. The van der Waals surface area contributed by atoms with Gasteiger partial charge in [-0.3, -0.25) is 4.79 Å². The lowest BCUT2D eigenvalue weighted by Gasteiger charge is -2.28. The highest BCUT2D eigenvalue weighted by molar-refractivity contribution is 5.99. The van der Waals surface area contributed by atoms with E-state index in [2.05, 4.69) is 6.92 Å². The molecule has 5 heteroatoms. The predicted octanol–water partition coefficient (Wildman–Crippen LogP) is 5.95. The minimum Gasteiger partial charge on any atom is -0.491 e. The number of alkyl halides is 2. The maximum Gasteiger partial charge on any atom is 0.267 e. The number of rotatable bonds is 7. The third-order valence-electron chi connectivity index (χ3n) is 4.84. The van der Waals surface area contributed by atoms with Gasteiger partial charge in [0.2, 0.25) is 0 Å². The van der Waals surface area contributed by atoms with Crippen LogP contribution in [0.4, 0.5) is 13.2 Å². The van der Waals surface area contributed by atoms with Gasteiger partial charge in [-0.05, 0) is 50.7 Å². The number of benzene rings is 1. The van der Waals surface area contributed by atoms with E-state index in [0.29, 0.717) is 18.8 Å². The smallest absolute Gasteiger partial charge is 0.267 e. The average Bonchev–Trinajstić information content (AvgIpc) is 2.56. The molecule has 1 aromatic carbocycles. The molecule has 2 rings (SSSR count). The standard InChI is InChI=1S/C19H25F3O2/c1-3-5-12-6-8-13(9-7-12)18(23)14-10-11-15(24-4-2)17(20)16(14)19(21)22/h10-13,19H,3-9H2,1-2H3. The quantitative estimate of drug-likeness (QED) is 0.572. The Kier molecular flexibility index (Phi) is 6.69. The van der Waals surface area contributed by atoms with Gasteiger partial charge in [-0.25, -0.2) is 13.2 Å². The van der Waals surface area contributed by atoms with E-state index in [1.165, 1.54) is 12.1 Å². The molecule has 1 aromatic rings. The van der Waals surface area contributed by atoms with Crippen LogP contribution < -0.4 is 4.74 Å². The number of hydrogen-bond donors (Lipinski definition) is 0. The van der Waals surface area contributed by atoms with Crippen LogP contribution in [0.2, 0.25) is 0 Å². The zero-order valence-electron chi connectivity index (χ0n) is 14.3. The predicted molar refractivity (Wildman–Crippen MR) is 87.2 cm³/mol. The van der Waals surface area contributed by atoms with Crippen LogP contribution in [-0.4, -0.2) is 12.4 Å². The molecule has 134 valence electrons. The Bertz CT molecular complexity index is 564. The van der Waals surface area contributed by atoms with Crippen LogP contribution in [0.1, 0.15) is 74.7 Å². The van der Waals surface area contributed by atoms with E-state index in [4.69, 9.17) is 4.74 Å². The highest BCUT2D eigenvalue weighted by Gasteiger charge is 2.31. The van der Waals surface area contributed by atoms with Crippen molar-refractivity contribution in [1.29, 1.82) is 0 Å². The molecule has 2 nitrogen and oxygen atoms in total. The molecule has 0 amide bonds. The van der Waals surface area contributed by atoms with E-state index in [-0.39, 0.29) is 29.6 Å². The molecule has 24 heavy (non-hydrogen) atoms. The summed E-state index contributed by atoms with van der Waals surface area (Å²) in [5.41, 5.74) is -1.01. The lowest BCUT2D eigenvalue weighted by atomic mass is 9.76. The number of ether oxygens (including phenoxy) is 1. The summed E-state index contributed by atoms with van der Waals surface area (Å²) in [7, 11) is 0. The minimum absolute atomic E-state index is 0.175. The van der Waals surface area contributed by atoms with Gasteiger partial charge in [-0.2, -0.15) is 0 Å². The lowest BCUT2D eigenvalue weighted by Crippen LogP contribution is -2.23. The molecule has 1 fully saturated rings. The Morgan fingerprint density at radius 1 is 1.21 bits per heavy atom. The molecule has 0 radical (unpaired) electrons. The van der Waals surface area contributed by atoms with Crippen molar-refractivity contribution in [1.82, 2.24) is 0 Å². The molecule has 1 aliphatic carbocycles. The number of halogens is 3. The first-order valence-corrected chi connectivity index (χ1v) is 8.77. The Morgan fingerprint density at radius 3 is 2.42 bits per heavy atom. The van der Waals surface area contributed by atoms with Crippen molar-refractivity contribution in [3.05, 3.63) is 29.1 Å². The Hall–Kier alpha value is -1.52. The highest BCUT2D eigenvalue weighted by atomic mass is 19.3. The van der Waals surface area contributed by atoms with Crippen molar-refractivity contribution in [2.24, 2.45) is 11.8 Å². The normalized spacial score (nSPS) is 21.1. The molecule has 0 bridgehead atoms. The van der Waals surface area contributed by atoms with Gasteiger partial charge in [-0.1, -0.05) is 19.8 Å². The Labute approximate surface area is 141 Å². The fourth-order valence-corrected chi connectivity index (χ4v) is 3.61. The third kappa shape index (κ3) is 4.11. The summed E-state index contributed by atoms with van der Waals surface area (Å²) in [6.07, 6.45) is 2.48. The molecule has 0 spiro atoms. The van der Waals surface area contributed by atoms with Crippen LogP contribution in [0.15, 0.2) is 12.1 Å². The monoisotopic (exact) mass is 342 g/mol. The molecular formula is C19H25F3O2. The van der Waals surface area contributed by atoms with Gasteiger partial charge < -0.3 is 4.74 Å². The van der Waals surface area contributed by atoms with Crippen LogP contribution in [0.3, 0.4) is 0 Å². The molecule has 0 aliphatic heterocycles. The van der Waals surface area contributed by atoms with Crippen molar-refractivity contribution < 1.29 is 22.7 Å². The van der Waals surface area contributed by atoms with Crippen LogP contribution >= 0.6 is 0 Å². The van der Waals surface area contributed by atoms with E-state index in [1.54, 1.807) is 6.92 Å².